The third kappa shape index (κ3) is 2.44. The highest BCUT2D eigenvalue weighted by molar-refractivity contribution is 7.89. The zero-order valence-electron chi connectivity index (χ0n) is 7.65. The number of nitriles is 2. The van der Waals surface area contributed by atoms with Gasteiger partial charge in [0.15, 0.2) is 0 Å². The minimum Gasteiger partial charge on any atom is -0.282 e. The summed E-state index contributed by atoms with van der Waals surface area (Å²) in [5.41, 5.74) is 0. The second-order valence-corrected chi connectivity index (χ2v) is 6.33. The average Bonchev–Trinajstić information content (AvgIpc) is 2.54. The Labute approximate surface area is 99.8 Å². The molecule has 8 nitrogen and oxygen atoms in total. The van der Waals surface area contributed by atoms with Crippen LogP contribution in [-0.2, 0) is 20.2 Å². The molecule has 0 aliphatic heterocycles. The van der Waals surface area contributed by atoms with Gasteiger partial charge in [0.05, 0.1) is 0 Å². The van der Waals surface area contributed by atoms with E-state index >= 15 is 0 Å². The van der Waals surface area contributed by atoms with Gasteiger partial charge in [0.25, 0.3) is 20.2 Å². The maximum absolute atomic E-state index is 10.9. The fourth-order valence-corrected chi connectivity index (χ4v) is 4.58. The highest BCUT2D eigenvalue weighted by Gasteiger charge is 2.34. The van der Waals surface area contributed by atoms with Gasteiger partial charge < -0.3 is 0 Å². The second-order valence-electron chi connectivity index (χ2n) is 2.59. The Bertz CT molecular complexity index is 693. The Morgan fingerprint density at radius 3 is 1.35 bits per heavy atom. The van der Waals surface area contributed by atoms with Crippen molar-refractivity contribution in [3.05, 3.63) is 9.75 Å². The lowest BCUT2D eigenvalue weighted by Crippen LogP contribution is -2.08. The molecule has 0 radical (unpaired) electrons. The number of hydrogen-bond donors (Lipinski definition) is 2. The molecule has 0 aromatic carbocycles. The molecule has 2 N–H and O–H groups in total. The van der Waals surface area contributed by atoms with E-state index < -0.39 is 39.8 Å². The summed E-state index contributed by atoms with van der Waals surface area (Å²) in [6.07, 6.45) is 0. The molecule has 0 atom stereocenters. The molecular weight excluding hydrogens is 292 g/mol. The van der Waals surface area contributed by atoms with Crippen LogP contribution in [0.1, 0.15) is 9.75 Å². The van der Waals surface area contributed by atoms with Crippen molar-refractivity contribution in [3.63, 3.8) is 0 Å². The molecule has 0 saturated heterocycles. The third-order valence-electron chi connectivity index (χ3n) is 1.54. The Morgan fingerprint density at radius 2 is 1.18 bits per heavy atom. The molecule has 0 unspecified atom stereocenters. The van der Waals surface area contributed by atoms with Crippen LogP contribution in [0, 0.1) is 22.7 Å². The molecule has 0 fully saturated rings. The van der Waals surface area contributed by atoms with Gasteiger partial charge in [-0.1, -0.05) is 0 Å². The van der Waals surface area contributed by atoms with Crippen molar-refractivity contribution in [2.45, 2.75) is 9.79 Å². The van der Waals surface area contributed by atoms with Crippen LogP contribution >= 0.6 is 11.3 Å². The molecule has 11 heteroatoms. The summed E-state index contributed by atoms with van der Waals surface area (Å²) in [4.78, 5) is -3.94. The van der Waals surface area contributed by atoms with E-state index in [0.717, 1.165) is 0 Å². The number of rotatable bonds is 2. The third-order valence-corrected chi connectivity index (χ3v) is 4.78. The summed E-state index contributed by atoms with van der Waals surface area (Å²) in [7, 11) is -10.1. The minimum atomic E-state index is -5.05. The predicted octanol–water partition coefficient (Wildman–Crippen LogP) is -0.0151. The Hall–Kier alpha value is -1.50. The van der Waals surface area contributed by atoms with Crippen molar-refractivity contribution in [3.8, 4) is 12.1 Å². The molecule has 0 bridgehead atoms. The predicted molar refractivity (Wildman–Crippen MR) is 53.4 cm³/mol. The lowest BCUT2D eigenvalue weighted by Gasteiger charge is -1.98. The van der Waals surface area contributed by atoms with E-state index in [9.17, 15) is 16.8 Å². The van der Waals surface area contributed by atoms with E-state index in [-0.39, 0.29) is 11.3 Å². The molecule has 0 saturated carbocycles. The van der Waals surface area contributed by atoms with Crippen molar-refractivity contribution in [1.82, 2.24) is 0 Å². The zero-order chi connectivity index (χ0) is 13.4. The maximum atomic E-state index is 10.9. The molecule has 1 rings (SSSR count). The molecule has 0 spiro atoms. The Balaban J connectivity index is 4.02. The van der Waals surface area contributed by atoms with E-state index in [4.69, 9.17) is 19.6 Å². The summed E-state index contributed by atoms with van der Waals surface area (Å²) in [6, 6.07) is 2.64. The average molecular weight is 294 g/mol. The van der Waals surface area contributed by atoms with Crippen molar-refractivity contribution >= 4 is 31.6 Å². The maximum Gasteiger partial charge on any atom is 0.298 e. The van der Waals surface area contributed by atoms with Gasteiger partial charge >= 0.3 is 0 Å². The van der Waals surface area contributed by atoms with Gasteiger partial charge in [-0.25, -0.2) is 0 Å². The van der Waals surface area contributed by atoms with Crippen LogP contribution in [0.5, 0.6) is 0 Å². The lowest BCUT2D eigenvalue weighted by atomic mass is 10.4. The SMILES string of the molecule is N#Cc1sc(C#N)c(S(=O)(=O)O)c1S(=O)(=O)O. The molecule has 0 amide bonds. The molecule has 0 aliphatic carbocycles. The normalized spacial score (nSPS) is 11.8. The first kappa shape index (κ1) is 13.6. The van der Waals surface area contributed by atoms with Crippen LogP contribution < -0.4 is 0 Å². The first-order chi connectivity index (χ1) is 7.62. The van der Waals surface area contributed by atoms with E-state index in [1.165, 1.54) is 12.1 Å². The first-order valence-corrected chi connectivity index (χ1v) is 7.24. The summed E-state index contributed by atoms with van der Waals surface area (Å²) >= 11 is 0.239. The quantitative estimate of drug-likeness (QED) is 0.720. The van der Waals surface area contributed by atoms with Gasteiger partial charge in [0, 0.05) is 0 Å². The van der Waals surface area contributed by atoms with Crippen LogP contribution in [0.4, 0.5) is 0 Å². The fraction of sp³-hybridized carbons (Fsp3) is 0. The van der Waals surface area contributed by atoms with Crippen LogP contribution in [-0.4, -0.2) is 25.9 Å². The molecule has 17 heavy (non-hydrogen) atoms. The topological polar surface area (TPSA) is 156 Å². The standard InChI is InChI=1S/C6H2N2O6S3/c7-1-3-5(16(9,10)11)6(17(12,13)14)4(2-8)15-3/h(H,9,10,11)(H,12,13,14). The fourth-order valence-electron chi connectivity index (χ4n) is 1.02. The van der Waals surface area contributed by atoms with Crippen molar-refractivity contribution in [2.75, 3.05) is 0 Å². The lowest BCUT2D eigenvalue weighted by molar-refractivity contribution is 0.467. The molecule has 1 aromatic heterocycles. The van der Waals surface area contributed by atoms with E-state index in [2.05, 4.69) is 0 Å². The van der Waals surface area contributed by atoms with E-state index in [1.807, 2.05) is 0 Å². The monoisotopic (exact) mass is 294 g/mol. The van der Waals surface area contributed by atoms with Crippen LogP contribution in [0.3, 0.4) is 0 Å². The number of nitrogens with zero attached hydrogens (tertiary/aromatic N) is 2. The highest BCUT2D eigenvalue weighted by atomic mass is 32.2. The Kier molecular flexibility index (Phi) is 3.24. The van der Waals surface area contributed by atoms with Crippen LogP contribution in [0.15, 0.2) is 9.79 Å². The van der Waals surface area contributed by atoms with E-state index in [0.29, 0.717) is 0 Å². The molecule has 1 heterocycles. The van der Waals surface area contributed by atoms with Gasteiger partial charge in [0.1, 0.15) is 31.7 Å². The van der Waals surface area contributed by atoms with Gasteiger partial charge in [-0.3, -0.25) is 9.11 Å². The van der Waals surface area contributed by atoms with Crippen molar-refractivity contribution in [2.24, 2.45) is 0 Å². The van der Waals surface area contributed by atoms with E-state index in [1.54, 1.807) is 0 Å². The van der Waals surface area contributed by atoms with Crippen LogP contribution in [0.2, 0.25) is 0 Å². The molecule has 1 aromatic rings. The number of hydrogen-bond acceptors (Lipinski definition) is 7. The second kappa shape index (κ2) is 4.06. The molecular formula is C6H2N2O6S3. The van der Waals surface area contributed by atoms with Gasteiger partial charge in [-0.05, 0) is 0 Å². The number of thiophene rings is 1. The highest BCUT2D eigenvalue weighted by Crippen LogP contribution is 2.34. The zero-order valence-corrected chi connectivity index (χ0v) is 10.1. The van der Waals surface area contributed by atoms with Crippen molar-refractivity contribution < 1.29 is 25.9 Å². The van der Waals surface area contributed by atoms with Crippen molar-refractivity contribution in [1.29, 1.82) is 10.5 Å². The smallest absolute Gasteiger partial charge is 0.282 e. The molecule has 0 aliphatic rings. The summed E-state index contributed by atoms with van der Waals surface area (Å²) in [6.45, 7) is 0. The molecule has 90 valence electrons. The van der Waals surface area contributed by atoms with Crippen LogP contribution in [0.25, 0.3) is 0 Å². The summed E-state index contributed by atoms with van der Waals surface area (Å²) < 4.78 is 61.3. The Morgan fingerprint density at radius 1 is 0.882 bits per heavy atom. The minimum absolute atomic E-state index is 0.239. The summed E-state index contributed by atoms with van der Waals surface area (Å²) in [5.74, 6) is 0. The van der Waals surface area contributed by atoms with Gasteiger partial charge in [-0.15, -0.1) is 11.3 Å². The van der Waals surface area contributed by atoms with Gasteiger partial charge in [0.2, 0.25) is 0 Å². The van der Waals surface area contributed by atoms with Gasteiger partial charge in [-0.2, -0.15) is 27.4 Å². The summed E-state index contributed by atoms with van der Waals surface area (Å²) in [5, 5.41) is 17.2. The first-order valence-electron chi connectivity index (χ1n) is 3.55. The largest absolute Gasteiger partial charge is 0.298 e.